The lowest BCUT2D eigenvalue weighted by atomic mass is 10.2. The molecule has 0 fully saturated rings. The van der Waals surface area contributed by atoms with Crippen LogP contribution in [0.4, 0.5) is 11.5 Å². The van der Waals surface area contributed by atoms with E-state index in [9.17, 15) is 19.7 Å². The third kappa shape index (κ3) is 3.12. The van der Waals surface area contributed by atoms with Crippen molar-refractivity contribution >= 4 is 23.4 Å². The van der Waals surface area contributed by atoms with E-state index in [2.05, 4.69) is 10.3 Å². The zero-order valence-electron chi connectivity index (χ0n) is 8.41. The summed E-state index contributed by atoms with van der Waals surface area (Å²) in [6.07, 6.45) is 0.943. The first-order chi connectivity index (χ1) is 7.91. The second-order valence-electron chi connectivity index (χ2n) is 2.97. The van der Waals surface area contributed by atoms with Gasteiger partial charge in [-0.25, -0.2) is 9.78 Å². The van der Waals surface area contributed by atoms with Gasteiger partial charge in [0.05, 0.1) is 17.0 Å². The van der Waals surface area contributed by atoms with Gasteiger partial charge in [0.1, 0.15) is 0 Å². The van der Waals surface area contributed by atoms with Crippen LogP contribution in [0.25, 0.3) is 0 Å². The third-order valence-electron chi connectivity index (χ3n) is 1.74. The van der Waals surface area contributed by atoms with Gasteiger partial charge in [0.25, 0.3) is 0 Å². The molecule has 0 saturated carbocycles. The number of anilines is 1. The average Bonchev–Trinajstić information content (AvgIpc) is 2.25. The molecule has 1 rings (SSSR count). The standard InChI is InChI=1S/C8H8N4O5/c9-6(13)3-11-7-5(12(16)17)1-4(2-10-7)8(14)15/h1-2H,3H2,(H2,9,13)(H,10,11)(H,14,15). The van der Waals surface area contributed by atoms with Crippen molar-refractivity contribution in [1.82, 2.24) is 4.98 Å². The maximum absolute atomic E-state index is 10.7. The van der Waals surface area contributed by atoms with Crippen LogP contribution in [-0.2, 0) is 4.79 Å². The molecule has 9 nitrogen and oxygen atoms in total. The molecule has 90 valence electrons. The summed E-state index contributed by atoms with van der Waals surface area (Å²) in [5.74, 6) is -2.26. The Balaban J connectivity index is 3.08. The average molecular weight is 240 g/mol. The van der Waals surface area contributed by atoms with Crippen LogP contribution in [0.2, 0.25) is 0 Å². The summed E-state index contributed by atoms with van der Waals surface area (Å²) in [5.41, 5.74) is 4.00. The van der Waals surface area contributed by atoms with Gasteiger partial charge in [-0.3, -0.25) is 14.9 Å². The van der Waals surface area contributed by atoms with Crippen LogP contribution >= 0.6 is 0 Å². The molecule has 1 aromatic heterocycles. The molecule has 1 heterocycles. The molecule has 1 aromatic rings. The molecule has 17 heavy (non-hydrogen) atoms. The predicted molar refractivity (Wildman–Crippen MR) is 55.5 cm³/mol. The van der Waals surface area contributed by atoms with E-state index in [-0.39, 0.29) is 17.9 Å². The number of rotatable bonds is 5. The number of carbonyl (C=O) groups is 2. The zero-order chi connectivity index (χ0) is 13.0. The van der Waals surface area contributed by atoms with Gasteiger partial charge < -0.3 is 16.2 Å². The number of nitrogens with zero attached hydrogens (tertiary/aromatic N) is 2. The highest BCUT2D eigenvalue weighted by Crippen LogP contribution is 2.22. The Morgan fingerprint density at radius 1 is 1.59 bits per heavy atom. The number of pyridine rings is 1. The molecule has 0 aliphatic carbocycles. The van der Waals surface area contributed by atoms with Gasteiger partial charge in [-0.1, -0.05) is 0 Å². The van der Waals surface area contributed by atoms with E-state index in [0.29, 0.717) is 0 Å². The number of nitrogens with one attached hydrogen (secondary N) is 1. The molecular formula is C8H8N4O5. The summed E-state index contributed by atoms with van der Waals surface area (Å²) < 4.78 is 0. The van der Waals surface area contributed by atoms with Crippen molar-refractivity contribution in [3.8, 4) is 0 Å². The summed E-state index contributed by atoms with van der Waals surface area (Å²) in [7, 11) is 0. The van der Waals surface area contributed by atoms with Gasteiger partial charge in [0.2, 0.25) is 11.7 Å². The molecule has 0 radical (unpaired) electrons. The second kappa shape index (κ2) is 4.88. The monoisotopic (exact) mass is 240 g/mol. The Morgan fingerprint density at radius 3 is 2.71 bits per heavy atom. The minimum Gasteiger partial charge on any atom is -0.478 e. The first-order valence-electron chi connectivity index (χ1n) is 4.31. The van der Waals surface area contributed by atoms with Crippen molar-refractivity contribution in [3.05, 3.63) is 27.9 Å². The minimum absolute atomic E-state index is 0.209. The number of hydrogen-bond acceptors (Lipinski definition) is 6. The number of aromatic carboxylic acids is 1. The van der Waals surface area contributed by atoms with Crippen molar-refractivity contribution in [2.75, 3.05) is 11.9 Å². The highest BCUT2D eigenvalue weighted by molar-refractivity contribution is 5.89. The Labute approximate surface area is 94.4 Å². The summed E-state index contributed by atoms with van der Waals surface area (Å²) in [4.78, 5) is 34.5. The number of carboxylic acids is 1. The summed E-state index contributed by atoms with van der Waals surface area (Å²) in [6, 6.07) is 0.846. The molecule has 0 bridgehead atoms. The Kier molecular flexibility index (Phi) is 3.55. The minimum atomic E-state index is -1.33. The fraction of sp³-hybridized carbons (Fsp3) is 0.125. The van der Waals surface area contributed by atoms with Crippen molar-refractivity contribution in [1.29, 1.82) is 0 Å². The molecule has 4 N–H and O–H groups in total. The smallest absolute Gasteiger partial charge is 0.337 e. The number of primary amides is 1. The van der Waals surface area contributed by atoms with Crippen LogP contribution in [-0.4, -0.2) is 33.4 Å². The normalized spacial score (nSPS) is 9.65. The molecule has 0 aliphatic heterocycles. The van der Waals surface area contributed by atoms with E-state index in [1.165, 1.54) is 0 Å². The lowest BCUT2D eigenvalue weighted by Crippen LogP contribution is -2.22. The Bertz CT molecular complexity index is 487. The van der Waals surface area contributed by atoms with Crippen LogP contribution in [0.3, 0.4) is 0 Å². The predicted octanol–water partition coefficient (Wildman–Crippen LogP) is -0.415. The molecule has 1 amide bonds. The fourth-order valence-corrected chi connectivity index (χ4v) is 1.02. The fourth-order valence-electron chi connectivity index (χ4n) is 1.02. The lowest BCUT2D eigenvalue weighted by molar-refractivity contribution is -0.384. The molecular weight excluding hydrogens is 232 g/mol. The van der Waals surface area contributed by atoms with E-state index >= 15 is 0 Å². The maximum atomic E-state index is 10.7. The molecule has 0 aromatic carbocycles. The van der Waals surface area contributed by atoms with Gasteiger partial charge in [0, 0.05) is 12.3 Å². The van der Waals surface area contributed by atoms with Crippen molar-refractivity contribution in [3.63, 3.8) is 0 Å². The highest BCUT2D eigenvalue weighted by atomic mass is 16.6. The van der Waals surface area contributed by atoms with Crippen molar-refractivity contribution < 1.29 is 19.6 Å². The molecule has 0 aliphatic rings. The van der Waals surface area contributed by atoms with E-state index in [0.717, 1.165) is 12.3 Å². The van der Waals surface area contributed by atoms with E-state index in [1.54, 1.807) is 0 Å². The van der Waals surface area contributed by atoms with Crippen molar-refractivity contribution in [2.45, 2.75) is 0 Å². The number of amides is 1. The van der Waals surface area contributed by atoms with Crippen LogP contribution in [0.1, 0.15) is 10.4 Å². The first kappa shape index (κ1) is 12.4. The molecule has 0 unspecified atom stereocenters. The number of nitro groups is 1. The van der Waals surface area contributed by atoms with E-state index in [4.69, 9.17) is 10.8 Å². The number of hydrogen-bond donors (Lipinski definition) is 3. The number of aromatic nitrogens is 1. The largest absolute Gasteiger partial charge is 0.478 e. The summed E-state index contributed by atoms with van der Waals surface area (Å²) in [5, 5.41) is 21.6. The van der Waals surface area contributed by atoms with Gasteiger partial charge in [-0.2, -0.15) is 0 Å². The number of carboxylic acid groups (broad SMARTS) is 1. The Hall–Kier alpha value is -2.71. The third-order valence-corrected chi connectivity index (χ3v) is 1.74. The molecule has 0 saturated heterocycles. The zero-order valence-corrected chi connectivity index (χ0v) is 8.41. The first-order valence-corrected chi connectivity index (χ1v) is 4.31. The summed E-state index contributed by atoms with van der Waals surface area (Å²) in [6.45, 7) is -0.333. The van der Waals surface area contributed by atoms with Gasteiger partial charge in [0.15, 0.2) is 0 Å². The second-order valence-corrected chi connectivity index (χ2v) is 2.97. The van der Waals surface area contributed by atoms with E-state index in [1.807, 2.05) is 0 Å². The number of nitrogens with two attached hydrogens (primary N) is 1. The van der Waals surface area contributed by atoms with Crippen LogP contribution in [0, 0.1) is 10.1 Å². The molecule has 0 spiro atoms. The summed E-state index contributed by atoms with van der Waals surface area (Å²) >= 11 is 0. The topological polar surface area (TPSA) is 148 Å². The highest BCUT2D eigenvalue weighted by Gasteiger charge is 2.18. The van der Waals surface area contributed by atoms with Crippen LogP contribution in [0.15, 0.2) is 12.3 Å². The number of carbonyl (C=O) groups excluding carboxylic acids is 1. The maximum Gasteiger partial charge on any atom is 0.337 e. The lowest BCUT2D eigenvalue weighted by Gasteiger charge is -2.04. The van der Waals surface area contributed by atoms with Crippen molar-refractivity contribution in [2.24, 2.45) is 5.73 Å². The van der Waals surface area contributed by atoms with Crippen LogP contribution in [0.5, 0.6) is 0 Å². The Morgan fingerprint density at radius 2 is 2.24 bits per heavy atom. The van der Waals surface area contributed by atoms with Gasteiger partial charge >= 0.3 is 11.7 Å². The SMILES string of the molecule is NC(=O)CNc1ncc(C(=O)O)cc1[N+](=O)[O-]. The van der Waals surface area contributed by atoms with Crippen LogP contribution < -0.4 is 11.1 Å². The molecule has 0 atom stereocenters. The quantitative estimate of drug-likeness (QED) is 0.467. The van der Waals surface area contributed by atoms with Gasteiger partial charge in [-0.15, -0.1) is 0 Å². The van der Waals surface area contributed by atoms with E-state index < -0.39 is 22.5 Å². The van der Waals surface area contributed by atoms with Gasteiger partial charge in [-0.05, 0) is 0 Å². The molecule has 9 heteroatoms.